The molecule has 0 amide bonds. The first-order chi connectivity index (χ1) is 6.86. The van der Waals surface area contributed by atoms with Gasteiger partial charge >= 0.3 is 5.97 Å². The van der Waals surface area contributed by atoms with E-state index in [4.69, 9.17) is 9.47 Å². The molecular weight excluding hydrogens is 182 g/mol. The van der Waals surface area contributed by atoms with Gasteiger partial charge in [0.15, 0.2) is 0 Å². The van der Waals surface area contributed by atoms with Crippen LogP contribution in [-0.4, -0.2) is 17.6 Å². The number of esters is 1. The summed E-state index contributed by atoms with van der Waals surface area (Å²) in [6.45, 7) is 0.437. The molecule has 4 heteroatoms. The van der Waals surface area contributed by atoms with Crippen molar-refractivity contribution in [3.63, 3.8) is 0 Å². The van der Waals surface area contributed by atoms with Crippen molar-refractivity contribution in [2.75, 3.05) is 6.61 Å². The number of carbonyl (C=O) groups excluding carboxylic acids is 1. The Morgan fingerprint density at radius 3 is 3.14 bits per heavy atom. The Hall–Kier alpha value is -1.97. The largest absolute Gasteiger partial charge is 0.461 e. The Morgan fingerprint density at radius 1 is 1.57 bits per heavy atom. The summed E-state index contributed by atoms with van der Waals surface area (Å²) in [4.78, 5) is 14.2. The molecule has 1 aromatic rings. The maximum Gasteiger partial charge on any atom is 0.347 e. The van der Waals surface area contributed by atoms with Crippen LogP contribution in [0.4, 0.5) is 0 Å². The summed E-state index contributed by atoms with van der Waals surface area (Å²) < 4.78 is 10.0. The van der Waals surface area contributed by atoms with Crippen LogP contribution in [0.15, 0.2) is 42.6 Å². The molecule has 0 spiro atoms. The second kappa shape index (κ2) is 3.83. The molecule has 0 atom stereocenters. The van der Waals surface area contributed by atoms with Gasteiger partial charge in [0.2, 0.25) is 0 Å². The van der Waals surface area contributed by atoms with Gasteiger partial charge in [0.05, 0.1) is 5.56 Å². The van der Waals surface area contributed by atoms with E-state index >= 15 is 0 Å². The van der Waals surface area contributed by atoms with Gasteiger partial charge in [-0.15, -0.1) is 0 Å². The lowest BCUT2D eigenvalue weighted by Crippen LogP contribution is -2.08. The van der Waals surface area contributed by atoms with E-state index in [0.29, 0.717) is 12.2 Å². The zero-order valence-corrected chi connectivity index (χ0v) is 7.40. The van der Waals surface area contributed by atoms with Gasteiger partial charge < -0.3 is 14.5 Å². The van der Waals surface area contributed by atoms with Crippen LogP contribution < -0.4 is 0 Å². The Morgan fingerprint density at radius 2 is 2.50 bits per heavy atom. The van der Waals surface area contributed by atoms with Crippen LogP contribution in [-0.2, 0) is 9.47 Å². The maximum atomic E-state index is 11.4. The molecule has 1 aliphatic heterocycles. The molecule has 72 valence electrons. The SMILES string of the molecule is O=C(OC1=CC=CCO1)c1cc[nH]c1. The molecule has 1 aromatic heterocycles. The molecule has 0 saturated carbocycles. The van der Waals surface area contributed by atoms with Gasteiger partial charge in [-0.05, 0) is 12.1 Å². The van der Waals surface area contributed by atoms with Crippen LogP contribution in [0, 0.1) is 0 Å². The van der Waals surface area contributed by atoms with E-state index in [1.807, 2.05) is 6.08 Å². The first-order valence-electron chi connectivity index (χ1n) is 4.21. The molecule has 4 nitrogen and oxygen atoms in total. The van der Waals surface area contributed by atoms with E-state index in [1.165, 1.54) is 0 Å². The molecule has 14 heavy (non-hydrogen) atoms. The molecular formula is C10H9NO3. The van der Waals surface area contributed by atoms with E-state index in [-0.39, 0.29) is 5.95 Å². The van der Waals surface area contributed by atoms with E-state index in [1.54, 1.807) is 30.6 Å². The molecule has 0 aliphatic carbocycles. The number of hydrogen-bond acceptors (Lipinski definition) is 3. The quantitative estimate of drug-likeness (QED) is 0.722. The van der Waals surface area contributed by atoms with Gasteiger partial charge in [0, 0.05) is 18.5 Å². The highest BCUT2D eigenvalue weighted by Crippen LogP contribution is 2.09. The van der Waals surface area contributed by atoms with Crippen LogP contribution in [0.1, 0.15) is 10.4 Å². The molecule has 0 aromatic carbocycles. The summed E-state index contributed by atoms with van der Waals surface area (Å²) in [7, 11) is 0. The third-order valence-electron chi connectivity index (χ3n) is 1.72. The second-order valence-corrected chi connectivity index (χ2v) is 2.71. The van der Waals surface area contributed by atoms with Crippen molar-refractivity contribution < 1.29 is 14.3 Å². The zero-order valence-electron chi connectivity index (χ0n) is 7.40. The van der Waals surface area contributed by atoms with Crippen molar-refractivity contribution in [1.29, 1.82) is 0 Å². The minimum absolute atomic E-state index is 0.235. The van der Waals surface area contributed by atoms with Crippen LogP contribution in [0.5, 0.6) is 0 Å². The van der Waals surface area contributed by atoms with Gasteiger partial charge in [-0.3, -0.25) is 0 Å². The normalized spacial score (nSPS) is 14.4. The highest BCUT2D eigenvalue weighted by molar-refractivity contribution is 5.89. The minimum atomic E-state index is -0.423. The average Bonchev–Trinajstić information content (AvgIpc) is 2.72. The molecule has 0 unspecified atom stereocenters. The lowest BCUT2D eigenvalue weighted by molar-refractivity contribution is 0.0300. The van der Waals surface area contributed by atoms with Crippen LogP contribution in [0.2, 0.25) is 0 Å². The number of rotatable bonds is 2. The number of allylic oxidation sites excluding steroid dienone is 2. The number of aromatic nitrogens is 1. The summed E-state index contributed by atoms with van der Waals surface area (Å²) in [6.07, 6.45) is 8.44. The Balaban J connectivity index is 2.01. The Kier molecular flexibility index (Phi) is 2.36. The van der Waals surface area contributed by atoms with E-state index < -0.39 is 5.97 Å². The lowest BCUT2D eigenvalue weighted by Gasteiger charge is -2.09. The van der Waals surface area contributed by atoms with Gasteiger partial charge in [0.25, 0.3) is 5.95 Å². The summed E-state index contributed by atoms with van der Waals surface area (Å²) in [6, 6.07) is 1.64. The number of nitrogens with one attached hydrogen (secondary N) is 1. The average molecular weight is 191 g/mol. The second-order valence-electron chi connectivity index (χ2n) is 2.71. The number of aromatic amines is 1. The van der Waals surface area contributed by atoms with Crippen molar-refractivity contribution in [3.05, 3.63) is 48.2 Å². The predicted octanol–water partition coefficient (Wildman–Crippen LogP) is 1.60. The molecule has 2 rings (SSSR count). The van der Waals surface area contributed by atoms with Crippen molar-refractivity contribution in [2.24, 2.45) is 0 Å². The molecule has 0 saturated heterocycles. The summed E-state index contributed by atoms with van der Waals surface area (Å²) >= 11 is 0. The monoisotopic (exact) mass is 191 g/mol. The minimum Gasteiger partial charge on any atom is -0.461 e. The van der Waals surface area contributed by atoms with Crippen molar-refractivity contribution in [1.82, 2.24) is 4.98 Å². The zero-order chi connectivity index (χ0) is 9.80. The van der Waals surface area contributed by atoms with Crippen LogP contribution >= 0.6 is 0 Å². The standard InChI is InChI=1S/C10H9NO3/c12-10(8-4-5-11-7-8)14-9-3-1-2-6-13-9/h1-5,7,11H,6H2. The van der Waals surface area contributed by atoms with Crippen LogP contribution in [0.3, 0.4) is 0 Å². The maximum absolute atomic E-state index is 11.4. The summed E-state index contributed by atoms with van der Waals surface area (Å²) in [5.41, 5.74) is 0.476. The fraction of sp³-hybridized carbons (Fsp3) is 0.100. The molecule has 2 heterocycles. The number of carbonyl (C=O) groups is 1. The number of ether oxygens (including phenoxy) is 2. The molecule has 0 fully saturated rings. The first kappa shape index (κ1) is 8.62. The fourth-order valence-electron chi connectivity index (χ4n) is 1.05. The predicted molar refractivity (Wildman–Crippen MR) is 49.4 cm³/mol. The van der Waals surface area contributed by atoms with Crippen molar-refractivity contribution in [2.45, 2.75) is 0 Å². The topological polar surface area (TPSA) is 51.3 Å². The van der Waals surface area contributed by atoms with Gasteiger partial charge in [-0.2, -0.15) is 0 Å². The third-order valence-corrected chi connectivity index (χ3v) is 1.72. The Bertz CT molecular complexity index is 376. The summed E-state index contributed by atoms with van der Waals surface area (Å²) in [5, 5.41) is 0. The Labute approximate surface area is 80.8 Å². The fourth-order valence-corrected chi connectivity index (χ4v) is 1.05. The first-order valence-corrected chi connectivity index (χ1v) is 4.21. The molecule has 1 N–H and O–H groups in total. The van der Waals surface area contributed by atoms with Crippen molar-refractivity contribution in [3.8, 4) is 0 Å². The smallest absolute Gasteiger partial charge is 0.347 e. The highest BCUT2D eigenvalue weighted by Gasteiger charge is 2.11. The van der Waals surface area contributed by atoms with Crippen LogP contribution in [0.25, 0.3) is 0 Å². The van der Waals surface area contributed by atoms with Gasteiger partial charge in [-0.1, -0.05) is 6.08 Å². The van der Waals surface area contributed by atoms with Crippen molar-refractivity contribution >= 4 is 5.97 Å². The van der Waals surface area contributed by atoms with E-state index in [2.05, 4.69) is 4.98 Å². The van der Waals surface area contributed by atoms with Gasteiger partial charge in [0.1, 0.15) is 6.61 Å². The molecule has 0 radical (unpaired) electrons. The van der Waals surface area contributed by atoms with E-state index in [0.717, 1.165) is 0 Å². The van der Waals surface area contributed by atoms with Gasteiger partial charge in [-0.25, -0.2) is 4.79 Å². The molecule has 1 aliphatic rings. The third kappa shape index (κ3) is 1.85. The lowest BCUT2D eigenvalue weighted by atomic mass is 10.3. The highest BCUT2D eigenvalue weighted by atomic mass is 16.7. The summed E-state index contributed by atoms with van der Waals surface area (Å²) in [5.74, 6) is -0.188. The molecule has 0 bridgehead atoms. The number of H-pyrrole nitrogens is 1. The van der Waals surface area contributed by atoms with E-state index in [9.17, 15) is 4.79 Å². The number of hydrogen-bond donors (Lipinski definition) is 1.